The molecular formula is C22H23N5O3. The molecule has 0 fully saturated rings. The van der Waals surface area contributed by atoms with Crippen molar-refractivity contribution in [2.24, 2.45) is 0 Å². The predicted molar refractivity (Wildman–Crippen MR) is 115 cm³/mol. The highest BCUT2D eigenvalue weighted by Gasteiger charge is 2.15. The van der Waals surface area contributed by atoms with Crippen LogP contribution in [-0.2, 0) is 0 Å². The van der Waals surface area contributed by atoms with Crippen molar-refractivity contribution in [3.63, 3.8) is 0 Å². The molecule has 4 aromatic rings. The topological polar surface area (TPSA) is 101 Å². The molecule has 4 rings (SSSR count). The van der Waals surface area contributed by atoms with E-state index in [9.17, 15) is 9.59 Å². The summed E-state index contributed by atoms with van der Waals surface area (Å²) in [5, 5.41) is 10.6. The number of carbonyl (C=O) groups excluding carboxylic acids is 1. The zero-order chi connectivity index (χ0) is 21.1. The lowest BCUT2D eigenvalue weighted by Gasteiger charge is -2.07. The van der Waals surface area contributed by atoms with Gasteiger partial charge in [-0.1, -0.05) is 19.8 Å². The summed E-state index contributed by atoms with van der Waals surface area (Å²) in [5.74, 6) is 0.560. The van der Waals surface area contributed by atoms with Gasteiger partial charge in [0.25, 0.3) is 11.5 Å². The number of amides is 1. The van der Waals surface area contributed by atoms with Gasteiger partial charge in [-0.05, 0) is 48.9 Å². The minimum Gasteiger partial charge on any atom is -0.497 e. The van der Waals surface area contributed by atoms with Crippen molar-refractivity contribution in [3.05, 3.63) is 58.4 Å². The molecule has 2 N–H and O–H groups in total. The summed E-state index contributed by atoms with van der Waals surface area (Å²) in [6.45, 7) is 2.74. The molecule has 8 nitrogen and oxygen atoms in total. The number of aromatic amines is 1. The molecule has 0 aliphatic rings. The Labute approximate surface area is 172 Å². The van der Waals surface area contributed by atoms with Crippen LogP contribution in [0.15, 0.2) is 47.3 Å². The van der Waals surface area contributed by atoms with Crippen LogP contribution in [0.5, 0.6) is 5.75 Å². The third-order valence-corrected chi connectivity index (χ3v) is 5.05. The smallest absolute Gasteiger partial charge is 0.281 e. The molecule has 0 saturated heterocycles. The van der Waals surface area contributed by atoms with Crippen LogP contribution in [0.2, 0.25) is 0 Å². The van der Waals surface area contributed by atoms with Gasteiger partial charge >= 0.3 is 0 Å². The number of aromatic nitrogens is 4. The highest BCUT2D eigenvalue weighted by molar-refractivity contribution is 5.98. The van der Waals surface area contributed by atoms with Crippen LogP contribution >= 0.6 is 0 Å². The van der Waals surface area contributed by atoms with Gasteiger partial charge in [0, 0.05) is 17.7 Å². The number of nitrogens with one attached hydrogen (secondary N) is 2. The van der Waals surface area contributed by atoms with Crippen molar-refractivity contribution >= 4 is 22.5 Å². The number of rotatable bonds is 7. The van der Waals surface area contributed by atoms with Crippen molar-refractivity contribution in [3.8, 4) is 17.0 Å². The third kappa shape index (κ3) is 3.63. The van der Waals surface area contributed by atoms with Crippen LogP contribution < -0.4 is 15.6 Å². The van der Waals surface area contributed by atoms with Gasteiger partial charge in [0.1, 0.15) is 11.4 Å². The molecule has 0 unspecified atom stereocenters. The molecule has 2 aromatic carbocycles. The average molecular weight is 405 g/mol. The number of ether oxygens (including phenoxy) is 1. The Morgan fingerprint density at radius 2 is 1.97 bits per heavy atom. The molecule has 0 saturated carbocycles. The molecule has 0 aliphatic heterocycles. The van der Waals surface area contributed by atoms with Crippen LogP contribution in [0, 0.1) is 0 Å². The Bertz CT molecular complexity index is 1260. The standard InChI is InChI=1S/C22H23N5O3/c1-3-4-5-12-23-21(28)15-8-11-17-18(13-15)27-20(24-22(17)29)19(25-26-27)14-6-9-16(30-2)10-7-14/h6-11,13,26H,3-5,12H2,1-2H3,(H,23,28). The number of hydrogen-bond donors (Lipinski definition) is 2. The van der Waals surface area contributed by atoms with E-state index in [1.807, 2.05) is 24.3 Å². The van der Waals surface area contributed by atoms with Crippen LogP contribution in [0.25, 0.3) is 27.8 Å². The fraction of sp³-hybridized carbons (Fsp3) is 0.273. The average Bonchev–Trinajstić information content (AvgIpc) is 3.20. The van der Waals surface area contributed by atoms with Crippen LogP contribution in [0.4, 0.5) is 0 Å². The number of benzene rings is 2. The molecule has 0 atom stereocenters. The van der Waals surface area contributed by atoms with Crippen molar-refractivity contribution in [2.45, 2.75) is 26.2 Å². The number of nitrogens with zero attached hydrogens (tertiary/aromatic N) is 3. The second-order valence-electron chi connectivity index (χ2n) is 7.06. The monoisotopic (exact) mass is 405 g/mol. The first-order valence-corrected chi connectivity index (χ1v) is 9.96. The van der Waals surface area contributed by atoms with Gasteiger partial charge in [0.2, 0.25) is 0 Å². The number of hydrogen-bond acceptors (Lipinski definition) is 5. The molecular weight excluding hydrogens is 382 g/mol. The normalized spacial score (nSPS) is 11.1. The van der Waals surface area contributed by atoms with Crippen LogP contribution in [0.1, 0.15) is 36.5 Å². The quantitative estimate of drug-likeness (QED) is 0.460. The van der Waals surface area contributed by atoms with Crippen molar-refractivity contribution in [1.82, 2.24) is 25.1 Å². The maximum Gasteiger partial charge on any atom is 0.281 e. The summed E-state index contributed by atoms with van der Waals surface area (Å²) in [7, 11) is 1.60. The Morgan fingerprint density at radius 1 is 1.17 bits per heavy atom. The Balaban J connectivity index is 1.75. The lowest BCUT2D eigenvalue weighted by molar-refractivity contribution is 0.0953. The molecule has 8 heteroatoms. The van der Waals surface area contributed by atoms with Crippen LogP contribution in [-0.4, -0.2) is 39.4 Å². The summed E-state index contributed by atoms with van der Waals surface area (Å²) in [6.07, 6.45) is 3.10. The van der Waals surface area contributed by atoms with E-state index in [2.05, 4.69) is 27.5 Å². The van der Waals surface area contributed by atoms with Gasteiger partial charge in [-0.15, -0.1) is 0 Å². The minimum absolute atomic E-state index is 0.166. The van der Waals surface area contributed by atoms with Gasteiger partial charge < -0.3 is 10.1 Å². The summed E-state index contributed by atoms with van der Waals surface area (Å²) < 4.78 is 6.82. The van der Waals surface area contributed by atoms with E-state index in [1.165, 1.54) is 0 Å². The summed E-state index contributed by atoms with van der Waals surface area (Å²) in [4.78, 5) is 29.3. The minimum atomic E-state index is -0.365. The fourth-order valence-electron chi connectivity index (χ4n) is 3.39. The Hall–Kier alpha value is -3.68. The third-order valence-electron chi connectivity index (χ3n) is 5.05. The Kier molecular flexibility index (Phi) is 5.47. The molecule has 0 radical (unpaired) electrons. The predicted octanol–water partition coefficient (Wildman–Crippen LogP) is 3.17. The first-order valence-electron chi connectivity index (χ1n) is 9.96. The molecule has 0 aliphatic carbocycles. The van der Waals surface area contributed by atoms with E-state index < -0.39 is 0 Å². The molecule has 0 bridgehead atoms. The molecule has 30 heavy (non-hydrogen) atoms. The summed E-state index contributed by atoms with van der Waals surface area (Å²) in [6, 6.07) is 12.3. The number of fused-ring (bicyclic) bond motifs is 3. The van der Waals surface area contributed by atoms with E-state index in [0.717, 1.165) is 30.6 Å². The van der Waals surface area contributed by atoms with Crippen molar-refractivity contribution < 1.29 is 9.53 Å². The number of carbonyl (C=O) groups is 1. The maximum atomic E-state index is 12.6. The van der Waals surface area contributed by atoms with Gasteiger partial charge in [-0.2, -0.15) is 10.1 Å². The number of unbranched alkanes of at least 4 members (excludes halogenated alkanes) is 2. The second kappa shape index (κ2) is 8.36. The molecule has 1 amide bonds. The number of methoxy groups -OCH3 is 1. The summed E-state index contributed by atoms with van der Waals surface area (Å²) in [5.41, 5.74) is 2.42. The lowest BCUT2D eigenvalue weighted by Crippen LogP contribution is -2.24. The van der Waals surface area contributed by atoms with Crippen LogP contribution in [0.3, 0.4) is 0 Å². The van der Waals surface area contributed by atoms with Gasteiger partial charge in [-0.25, -0.2) is 9.73 Å². The molecule has 2 heterocycles. The maximum absolute atomic E-state index is 12.6. The zero-order valence-electron chi connectivity index (χ0n) is 16.9. The molecule has 2 aromatic heterocycles. The lowest BCUT2D eigenvalue weighted by atomic mass is 10.1. The van der Waals surface area contributed by atoms with E-state index in [0.29, 0.717) is 34.4 Å². The molecule has 0 spiro atoms. The van der Waals surface area contributed by atoms with Gasteiger partial charge in [-0.3, -0.25) is 9.59 Å². The fourth-order valence-corrected chi connectivity index (χ4v) is 3.39. The van der Waals surface area contributed by atoms with E-state index >= 15 is 0 Å². The zero-order valence-corrected chi connectivity index (χ0v) is 16.9. The summed E-state index contributed by atoms with van der Waals surface area (Å²) >= 11 is 0. The van der Waals surface area contributed by atoms with E-state index in [1.54, 1.807) is 29.8 Å². The molecule has 154 valence electrons. The van der Waals surface area contributed by atoms with Crippen molar-refractivity contribution in [1.29, 1.82) is 0 Å². The number of H-pyrrole nitrogens is 1. The highest BCUT2D eigenvalue weighted by atomic mass is 16.5. The first kappa shape index (κ1) is 19.6. The van der Waals surface area contributed by atoms with E-state index in [-0.39, 0.29) is 11.5 Å². The Morgan fingerprint density at radius 3 is 2.70 bits per heavy atom. The highest BCUT2D eigenvalue weighted by Crippen LogP contribution is 2.24. The van der Waals surface area contributed by atoms with Gasteiger partial charge in [0.05, 0.1) is 18.0 Å². The van der Waals surface area contributed by atoms with E-state index in [4.69, 9.17) is 4.74 Å². The second-order valence-corrected chi connectivity index (χ2v) is 7.06. The first-order chi connectivity index (χ1) is 14.6. The van der Waals surface area contributed by atoms with Gasteiger partial charge in [0.15, 0.2) is 5.65 Å². The SMILES string of the molecule is CCCCCNC(=O)c1ccc2c(=O)nc3c(-c4ccc(OC)cc4)n[nH]n3c2c1. The van der Waals surface area contributed by atoms with Crippen molar-refractivity contribution in [2.75, 3.05) is 13.7 Å². The largest absolute Gasteiger partial charge is 0.497 e.